The molecular weight excluding hydrogens is 268 g/mol. The van der Waals surface area contributed by atoms with E-state index >= 15 is 0 Å². The number of rotatable bonds is 6. The van der Waals surface area contributed by atoms with E-state index in [-0.39, 0.29) is 0 Å². The summed E-state index contributed by atoms with van der Waals surface area (Å²) in [6.45, 7) is 8.19. The second-order valence-electron chi connectivity index (χ2n) is 4.98. The Kier molecular flexibility index (Phi) is 5.21. The van der Waals surface area contributed by atoms with E-state index in [1.54, 1.807) is 6.20 Å². The maximum Gasteiger partial charge on any atom is 0.113 e. The van der Waals surface area contributed by atoms with Crippen LogP contribution in [-0.2, 0) is 0 Å². The van der Waals surface area contributed by atoms with Crippen LogP contribution in [0.3, 0.4) is 0 Å². The highest BCUT2D eigenvalue weighted by Gasteiger charge is 2.15. The van der Waals surface area contributed by atoms with E-state index in [1.165, 1.54) is 0 Å². The normalized spacial score (nSPS) is 11.4. The summed E-state index contributed by atoms with van der Waals surface area (Å²) in [6, 6.07) is 20.5. The molecule has 0 bridgehead atoms. The van der Waals surface area contributed by atoms with E-state index in [2.05, 4.69) is 42.7 Å². The summed E-state index contributed by atoms with van der Waals surface area (Å²) >= 11 is 0. The van der Waals surface area contributed by atoms with Crippen molar-refractivity contribution in [3.63, 3.8) is 0 Å². The number of benzene rings is 2. The summed E-state index contributed by atoms with van der Waals surface area (Å²) < 4.78 is 0. The molecule has 0 saturated carbocycles. The third kappa shape index (κ3) is 3.29. The second-order valence-corrected chi connectivity index (χ2v) is 4.98. The van der Waals surface area contributed by atoms with Gasteiger partial charge >= 0.3 is 0 Å². The Hall–Kier alpha value is -2.74. The zero-order chi connectivity index (χ0) is 15.9. The molecule has 0 atom stereocenters. The zero-order valence-electron chi connectivity index (χ0n) is 13.2. The molecule has 112 valence electrons. The molecule has 0 heterocycles. The molecule has 0 aliphatic carbocycles. The molecule has 0 saturated heterocycles. The summed E-state index contributed by atoms with van der Waals surface area (Å²) in [7, 11) is 3.89. The predicted octanol–water partition coefficient (Wildman–Crippen LogP) is 4.36. The first kappa shape index (κ1) is 15.6. The van der Waals surface area contributed by atoms with Crippen molar-refractivity contribution < 1.29 is 0 Å². The average Bonchev–Trinajstić information content (AvgIpc) is 2.60. The Bertz CT molecular complexity index is 669. The Balaban J connectivity index is 2.63. The highest BCUT2D eigenvalue weighted by molar-refractivity contribution is 6.04. The van der Waals surface area contributed by atoms with Gasteiger partial charge < -0.3 is 10.2 Å². The van der Waals surface area contributed by atoms with Crippen LogP contribution in [0, 0.1) is 0 Å². The number of allylic oxidation sites excluding steroid dienone is 2. The van der Waals surface area contributed by atoms with Crippen molar-refractivity contribution in [2.75, 3.05) is 14.1 Å². The molecule has 2 aromatic carbocycles. The predicted molar refractivity (Wildman–Crippen MR) is 95.9 cm³/mol. The molecular formula is C20H22N2. The van der Waals surface area contributed by atoms with E-state index in [4.69, 9.17) is 0 Å². The second kappa shape index (κ2) is 7.32. The fraction of sp³-hybridized carbons (Fsp3) is 0.100. The summed E-state index contributed by atoms with van der Waals surface area (Å²) in [4.78, 5) is 1.97. The third-order valence-electron chi connectivity index (χ3n) is 3.59. The quantitative estimate of drug-likeness (QED) is 0.795. The first-order valence-electron chi connectivity index (χ1n) is 7.26. The first-order chi connectivity index (χ1) is 10.7. The smallest absolute Gasteiger partial charge is 0.113 e. The van der Waals surface area contributed by atoms with Crippen LogP contribution < -0.4 is 5.32 Å². The van der Waals surface area contributed by atoms with Gasteiger partial charge in [0.25, 0.3) is 0 Å². The highest BCUT2D eigenvalue weighted by Crippen LogP contribution is 2.32. The molecule has 0 unspecified atom stereocenters. The van der Waals surface area contributed by atoms with Crippen LogP contribution in [0.4, 0.5) is 0 Å². The number of nitrogens with zero attached hydrogens (tertiary/aromatic N) is 1. The summed E-state index contributed by atoms with van der Waals surface area (Å²) in [5, 5.41) is 3.28. The summed E-state index contributed by atoms with van der Waals surface area (Å²) in [5.41, 5.74) is 4.27. The molecule has 2 aromatic rings. The van der Waals surface area contributed by atoms with Gasteiger partial charge in [-0.15, -0.1) is 0 Å². The third-order valence-corrected chi connectivity index (χ3v) is 3.59. The van der Waals surface area contributed by atoms with E-state index in [1.807, 2.05) is 55.4 Å². The highest BCUT2D eigenvalue weighted by atomic mass is 15.2. The number of nitrogens with one attached hydrogen (secondary N) is 1. The van der Waals surface area contributed by atoms with Crippen LogP contribution >= 0.6 is 0 Å². The molecule has 22 heavy (non-hydrogen) atoms. The maximum absolute atomic E-state index is 4.33. The Morgan fingerprint density at radius 2 is 1.45 bits per heavy atom. The molecule has 2 rings (SSSR count). The zero-order valence-corrected chi connectivity index (χ0v) is 13.2. The van der Waals surface area contributed by atoms with Crippen molar-refractivity contribution in [1.29, 1.82) is 0 Å². The molecule has 0 radical (unpaired) electrons. The van der Waals surface area contributed by atoms with Crippen molar-refractivity contribution in [2.24, 2.45) is 0 Å². The lowest BCUT2D eigenvalue weighted by molar-refractivity contribution is 0.530. The van der Waals surface area contributed by atoms with Gasteiger partial charge in [0.2, 0.25) is 0 Å². The Morgan fingerprint density at radius 3 is 1.91 bits per heavy atom. The topological polar surface area (TPSA) is 15.3 Å². The summed E-state index contributed by atoms with van der Waals surface area (Å²) in [6.07, 6.45) is 1.78. The maximum atomic E-state index is 4.33. The van der Waals surface area contributed by atoms with Gasteiger partial charge in [-0.3, -0.25) is 0 Å². The number of hydrogen-bond donors (Lipinski definition) is 1. The molecule has 0 aliphatic heterocycles. The van der Waals surface area contributed by atoms with Gasteiger partial charge in [0.05, 0.1) is 0 Å². The van der Waals surface area contributed by atoms with Crippen molar-refractivity contribution in [3.05, 3.63) is 97.0 Å². The van der Waals surface area contributed by atoms with E-state index in [9.17, 15) is 0 Å². The first-order valence-corrected chi connectivity index (χ1v) is 7.26. The van der Waals surface area contributed by atoms with E-state index < -0.39 is 0 Å². The average molecular weight is 290 g/mol. The molecule has 0 aliphatic rings. The van der Waals surface area contributed by atoms with Crippen molar-refractivity contribution in [3.8, 4) is 0 Å². The van der Waals surface area contributed by atoms with Crippen LogP contribution in [0.25, 0.3) is 11.1 Å². The van der Waals surface area contributed by atoms with Crippen LogP contribution in [0.15, 0.2) is 85.8 Å². The molecule has 0 amide bonds. The minimum absolute atomic E-state index is 0.968. The minimum Gasteiger partial charge on any atom is -0.374 e. The fourth-order valence-corrected chi connectivity index (χ4v) is 2.41. The molecule has 2 nitrogen and oxygen atoms in total. The van der Waals surface area contributed by atoms with E-state index in [0.717, 1.165) is 28.1 Å². The lowest BCUT2D eigenvalue weighted by atomic mass is 9.93. The fourth-order valence-electron chi connectivity index (χ4n) is 2.41. The van der Waals surface area contributed by atoms with E-state index in [0.29, 0.717) is 0 Å². The lowest BCUT2D eigenvalue weighted by Crippen LogP contribution is -2.23. The van der Waals surface area contributed by atoms with Crippen LogP contribution in [0.2, 0.25) is 0 Å². The van der Waals surface area contributed by atoms with Gasteiger partial charge in [0.1, 0.15) is 5.82 Å². The Morgan fingerprint density at radius 1 is 0.955 bits per heavy atom. The van der Waals surface area contributed by atoms with Crippen LogP contribution in [-0.4, -0.2) is 19.0 Å². The van der Waals surface area contributed by atoms with Gasteiger partial charge in [-0.25, -0.2) is 0 Å². The van der Waals surface area contributed by atoms with Crippen molar-refractivity contribution in [1.82, 2.24) is 10.2 Å². The van der Waals surface area contributed by atoms with Gasteiger partial charge in [-0.05, 0) is 22.9 Å². The SMILES string of the molecule is C=CN(C)/C(NC)=C(\C(=C)c1ccccc1)c1ccccc1. The molecule has 1 N–H and O–H groups in total. The van der Waals surface area contributed by atoms with Crippen molar-refractivity contribution >= 4 is 11.1 Å². The largest absolute Gasteiger partial charge is 0.374 e. The molecule has 0 fully saturated rings. The van der Waals surface area contributed by atoms with Gasteiger partial charge in [-0.2, -0.15) is 0 Å². The number of hydrogen-bond acceptors (Lipinski definition) is 2. The lowest BCUT2D eigenvalue weighted by Gasteiger charge is -2.24. The molecule has 0 aromatic heterocycles. The van der Waals surface area contributed by atoms with Gasteiger partial charge in [0, 0.05) is 19.7 Å². The molecule has 0 spiro atoms. The van der Waals surface area contributed by atoms with Crippen LogP contribution in [0.1, 0.15) is 11.1 Å². The monoisotopic (exact) mass is 290 g/mol. The van der Waals surface area contributed by atoms with Crippen molar-refractivity contribution in [2.45, 2.75) is 0 Å². The standard InChI is InChI=1S/C20H22N2/c1-5-22(4)20(21-3)19(18-14-10-7-11-15-18)16(2)17-12-8-6-9-13-17/h5-15,21H,1-2H2,3-4H3/b20-19+. The van der Waals surface area contributed by atoms with Crippen LogP contribution in [0.5, 0.6) is 0 Å². The van der Waals surface area contributed by atoms with Gasteiger partial charge in [-0.1, -0.05) is 73.8 Å². The van der Waals surface area contributed by atoms with Gasteiger partial charge in [0.15, 0.2) is 0 Å². The summed E-state index contributed by atoms with van der Waals surface area (Å²) in [5.74, 6) is 0.968. The minimum atomic E-state index is 0.968. The molecule has 2 heteroatoms. The Labute approximate surface area is 133 Å².